The summed E-state index contributed by atoms with van der Waals surface area (Å²) in [6.45, 7) is 1.98. The fourth-order valence-electron chi connectivity index (χ4n) is 1.07. The molecule has 2 heterocycles. The second kappa shape index (κ2) is 3.77. The van der Waals surface area contributed by atoms with Crippen molar-refractivity contribution in [2.45, 2.75) is 13.5 Å². The Kier molecular flexibility index (Phi) is 2.46. The summed E-state index contributed by atoms with van der Waals surface area (Å²) >= 11 is 1.34. The molecular weight excluding hydrogens is 214 g/mol. The quantitative estimate of drug-likeness (QED) is 0.768. The van der Waals surface area contributed by atoms with E-state index in [1.165, 1.54) is 29.3 Å². The van der Waals surface area contributed by atoms with Gasteiger partial charge in [0.05, 0.1) is 12.7 Å². The highest BCUT2D eigenvalue weighted by atomic mass is 32.1. The van der Waals surface area contributed by atoms with Gasteiger partial charge < -0.3 is 5.73 Å². The molecule has 0 radical (unpaired) electrons. The van der Waals surface area contributed by atoms with Gasteiger partial charge in [0.15, 0.2) is 16.6 Å². The van der Waals surface area contributed by atoms with E-state index in [9.17, 15) is 4.79 Å². The van der Waals surface area contributed by atoms with E-state index in [-0.39, 0.29) is 5.78 Å². The van der Waals surface area contributed by atoms with Crippen LogP contribution in [0.3, 0.4) is 0 Å². The summed E-state index contributed by atoms with van der Waals surface area (Å²) < 4.78 is 0. The smallest absolute Gasteiger partial charge is 0.188 e. The van der Waals surface area contributed by atoms with E-state index >= 15 is 0 Å². The summed E-state index contributed by atoms with van der Waals surface area (Å²) in [7, 11) is 0. The Balaban J connectivity index is 2.14. The maximum atomic E-state index is 11.0. The van der Waals surface area contributed by atoms with Crippen LogP contribution in [0.25, 0.3) is 0 Å². The van der Waals surface area contributed by atoms with E-state index in [0.717, 1.165) is 4.88 Å². The summed E-state index contributed by atoms with van der Waals surface area (Å²) in [5.74, 6) is 0.352. The van der Waals surface area contributed by atoms with Crippen molar-refractivity contribution in [2.75, 3.05) is 5.73 Å². The average molecular weight is 223 g/mol. The number of carbonyl (C=O) groups is 1. The molecule has 0 aliphatic carbocycles. The average Bonchev–Trinajstić information content (AvgIpc) is 2.76. The number of aromatic nitrogens is 4. The summed E-state index contributed by atoms with van der Waals surface area (Å²) in [4.78, 5) is 17.4. The first-order valence-corrected chi connectivity index (χ1v) is 5.08. The lowest BCUT2D eigenvalue weighted by Gasteiger charge is -1.93. The molecule has 0 fully saturated rings. The van der Waals surface area contributed by atoms with Crippen molar-refractivity contribution >= 4 is 22.9 Å². The summed E-state index contributed by atoms with van der Waals surface area (Å²) in [5, 5.41) is 8.38. The van der Waals surface area contributed by atoms with E-state index in [2.05, 4.69) is 15.2 Å². The van der Waals surface area contributed by atoms with E-state index < -0.39 is 0 Å². The predicted octanol–water partition coefficient (Wildman–Crippen LogP) is 0.568. The number of rotatable bonds is 3. The Labute approximate surface area is 89.7 Å². The monoisotopic (exact) mass is 223 g/mol. The van der Waals surface area contributed by atoms with Gasteiger partial charge in [-0.1, -0.05) is 0 Å². The second-order valence-electron chi connectivity index (χ2n) is 2.99. The molecule has 2 aromatic heterocycles. The number of nitrogen functional groups attached to an aromatic ring is 1. The van der Waals surface area contributed by atoms with Crippen molar-refractivity contribution in [2.24, 2.45) is 0 Å². The van der Waals surface area contributed by atoms with Gasteiger partial charge in [-0.2, -0.15) is 9.90 Å². The number of nitrogens with zero attached hydrogens (tertiary/aromatic N) is 4. The molecule has 2 aromatic rings. The Morgan fingerprint density at radius 2 is 2.40 bits per heavy atom. The Morgan fingerprint density at radius 1 is 1.60 bits per heavy atom. The van der Waals surface area contributed by atoms with Gasteiger partial charge in [0.2, 0.25) is 0 Å². The van der Waals surface area contributed by atoms with E-state index in [1.807, 2.05) is 0 Å². The Morgan fingerprint density at radius 3 is 2.93 bits per heavy atom. The van der Waals surface area contributed by atoms with Crippen LogP contribution in [-0.4, -0.2) is 25.8 Å². The molecule has 0 atom stereocenters. The van der Waals surface area contributed by atoms with Crippen LogP contribution in [0.5, 0.6) is 0 Å². The summed E-state index contributed by atoms with van der Waals surface area (Å²) in [6, 6.07) is 0. The highest BCUT2D eigenvalue weighted by molar-refractivity contribution is 7.13. The number of thiazole rings is 1. The molecule has 0 unspecified atom stereocenters. The lowest BCUT2D eigenvalue weighted by atomic mass is 10.5. The highest BCUT2D eigenvalue weighted by Gasteiger charge is 2.07. The molecule has 6 nitrogen and oxygen atoms in total. The van der Waals surface area contributed by atoms with Gasteiger partial charge in [-0.05, 0) is 0 Å². The fourth-order valence-corrected chi connectivity index (χ4v) is 1.85. The van der Waals surface area contributed by atoms with Crippen molar-refractivity contribution in [1.82, 2.24) is 20.0 Å². The molecule has 0 saturated carbocycles. The summed E-state index contributed by atoms with van der Waals surface area (Å²) in [6.07, 6.45) is 3.13. The van der Waals surface area contributed by atoms with Crippen LogP contribution in [-0.2, 0) is 6.54 Å². The molecule has 0 aliphatic heterocycles. The molecule has 0 spiro atoms. The maximum absolute atomic E-state index is 11.0. The first-order valence-electron chi connectivity index (χ1n) is 4.26. The number of carbonyl (C=O) groups excluding carboxylic acids is 1. The Hall–Kier alpha value is -1.76. The fraction of sp³-hybridized carbons (Fsp3) is 0.250. The van der Waals surface area contributed by atoms with Crippen LogP contribution in [0, 0.1) is 0 Å². The van der Waals surface area contributed by atoms with Crippen molar-refractivity contribution in [3.8, 4) is 0 Å². The number of hydrogen-bond acceptors (Lipinski definition) is 6. The van der Waals surface area contributed by atoms with Gasteiger partial charge in [0.25, 0.3) is 0 Å². The normalized spacial score (nSPS) is 10.5. The molecular formula is C8H9N5OS. The minimum absolute atomic E-state index is 0.0285. The second-order valence-corrected chi connectivity index (χ2v) is 4.10. The van der Waals surface area contributed by atoms with Crippen LogP contribution in [0.2, 0.25) is 0 Å². The molecule has 0 bridgehead atoms. The van der Waals surface area contributed by atoms with Crippen molar-refractivity contribution in [3.05, 3.63) is 22.3 Å². The number of ketones is 1. The SMILES string of the molecule is CC(=O)c1ncc(Cn2ncc(N)n2)s1. The van der Waals surface area contributed by atoms with E-state index in [0.29, 0.717) is 17.4 Å². The van der Waals surface area contributed by atoms with Crippen LogP contribution < -0.4 is 5.73 Å². The first-order chi connectivity index (χ1) is 7.15. The maximum Gasteiger partial charge on any atom is 0.188 e. The highest BCUT2D eigenvalue weighted by Crippen LogP contribution is 2.14. The lowest BCUT2D eigenvalue weighted by molar-refractivity contribution is 0.101. The zero-order valence-corrected chi connectivity index (χ0v) is 8.86. The Bertz CT molecular complexity index is 489. The van der Waals surface area contributed by atoms with Crippen LogP contribution >= 0.6 is 11.3 Å². The standard InChI is InChI=1S/C8H9N5OS/c1-5(14)8-10-2-6(15-8)4-13-11-3-7(9)12-13/h2-3H,4H2,1H3,(H2,9,12). The largest absolute Gasteiger partial charge is 0.381 e. The van der Waals surface area contributed by atoms with Gasteiger partial charge in [-0.25, -0.2) is 4.98 Å². The van der Waals surface area contributed by atoms with E-state index in [4.69, 9.17) is 5.73 Å². The predicted molar refractivity (Wildman–Crippen MR) is 55.7 cm³/mol. The molecule has 0 aromatic carbocycles. The van der Waals surface area contributed by atoms with Crippen LogP contribution in [0.15, 0.2) is 12.4 Å². The molecule has 2 rings (SSSR count). The molecule has 15 heavy (non-hydrogen) atoms. The first kappa shape index (κ1) is 9.78. The van der Waals surface area contributed by atoms with Crippen LogP contribution in [0.4, 0.5) is 5.82 Å². The van der Waals surface area contributed by atoms with Gasteiger partial charge in [-0.3, -0.25) is 4.79 Å². The van der Waals surface area contributed by atoms with Gasteiger partial charge in [0.1, 0.15) is 0 Å². The number of Topliss-reactive ketones (excluding diaryl/α,β-unsaturated/α-hetero) is 1. The summed E-state index contributed by atoms with van der Waals surface area (Å²) in [5.41, 5.74) is 5.42. The minimum Gasteiger partial charge on any atom is -0.381 e. The molecule has 0 saturated heterocycles. The zero-order chi connectivity index (χ0) is 10.8. The van der Waals surface area contributed by atoms with Crippen molar-refractivity contribution < 1.29 is 4.79 Å². The third-order valence-corrected chi connectivity index (χ3v) is 2.79. The topological polar surface area (TPSA) is 86.7 Å². The van der Waals surface area contributed by atoms with Crippen molar-refractivity contribution in [1.29, 1.82) is 0 Å². The lowest BCUT2D eigenvalue weighted by Crippen LogP contribution is -2.02. The third-order valence-electron chi connectivity index (χ3n) is 1.71. The number of nitrogens with two attached hydrogens (primary N) is 1. The molecule has 2 N–H and O–H groups in total. The minimum atomic E-state index is -0.0285. The van der Waals surface area contributed by atoms with Crippen molar-refractivity contribution in [3.63, 3.8) is 0 Å². The zero-order valence-electron chi connectivity index (χ0n) is 8.04. The van der Waals surface area contributed by atoms with E-state index in [1.54, 1.807) is 6.20 Å². The molecule has 78 valence electrons. The molecule has 0 amide bonds. The third kappa shape index (κ3) is 2.18. The molecule has 7 heteroatoms. The van der Waals surface area contributed by atoms with Crippen LogP contribution in [0.1, 0.15) is 21.6 Å². The molecule has 0 aliphatic rings. The number of hydrogen-bond donors (Lipinski definition) is 1. The van der Waals surface area contributed by atoms with Gasteiger partial charge in [0, 0.05) is 18.0 Å². The van der Waals surface area contributed by atoms with Gasteiger partial charge >= 0.3 is 0 Å². The van der Waals surface area contributed by atoms with Gasteiger partial charge in [-0.15, -0.1) is 16.4 Å². The number of anilines is 1.